The van der Waals surface area contributed by atoms with Crippen molar-refractivity contribution < 1.29 is 14.3 Å². The lowest BCUT2D eigenvalue weighted by molar-refractivity contribution is 0.262. The van der Waals surface area contributed by atoms with Crippen LogP contribution in [0.5, 0.6) is 11.5 Å². The number of amides is 2. The van der Waals surface area contributed by atoms with Crippen molar-refractivity contribution in [2.24, 2.45) is 0 Å². The SMILES string of the molecule is COc1ccc(NC(=O)Nc2cccc(OCc3cc(=O)n4ccc(C)cc4n3)c2)cc1. The van der Waals surface area contributed by atoms with Gasteiger partial charge in [-0.2, -0.15) is 0 Å². The Morgan fingerprint density at radius 1 is 0.969 bits per heavy atom. The molecule has 32 heavy (non-hydrogen) atoms. The Morgan fingerprint density at radius 3 is 2.53 bits per heavy atom. The highest BCUT2D eigenvalue weighted by molar-refractivity contribution is 5.99. The first-order valence-electron chi connectivity index (χ1n) is 9.94. The van der Waals surface area contributed by atoms with E-state index in [0.29, 0.717) is 34.2 Å². The molecule has 2 heterocycles. The molecule has 0 aliphatic carbocycles. The lowest BCUT2D eigenvalue weighted by atomic mass is 10.3. The summed E-state index contributed by atoms with van der Waals surface area (Å²) in [5, 5.41) is 5.52. The first-order valence-corrected chi connectivity index (χ1v) is 9.94. The van der Waals surface area contributed by atoms with Crippen molar-refractivity contribution in [2.45, 2.75) is 13.5 Å². The third kappa shape index (κ3) is 5.04. The predicted molar refractivity (Wildman–Crippen MR) is 123 cm³/mol. The van der Waals surface area contributed by atoms with Crippen molar-refractivity contribution >= 4 is 23.1 Å². The number of methoxy groups -OCH3 is 1. The second-order valence-corrected chi connectivity index (χ2v) is 7.14. The van der Waals surface area contributed by atoms with Gasteiger partial charge >= 0.3 is 6.03 Å². The normalized spacial score (nSPS) is 10.6. The van der Waals surface area contributed by atoms with Gasteiger partial charge in [0.25, 0.3) is 5.56 Å². The van der Waals surface area contributed by atoms with Crippen molar-refractivity contribution in [1.29, 1.82) is 0 Å². The van der Waals surface area contributed by atoms with E-state index >= 15 is 0 Å². The zero-order valence-electron chi connectivity index (χ0n) is 17.7. The van der Waals surface area contributed by atoms with E-state index in [1.807, 2.05) is 19.1 Å². The van der Waals surface area contributed by atoms with Gasteiger partial charge in [0.1, 0.15) is 23.8 Å². The summed E-state index contributed by atoms with van der Waals surface area (Å²) in [5.74, 6) is 1.25. The molecule has 0 saturated heterocycles. The number of fused-ring (bicyclic) bond motifs is 1. The van der Waals surface area contributed by atoms with E-state index < -0.39 is 0 Å². The highest BCUT2D eigenvalue weighted by atomic mass is 16.5. The van der Waals surface area contributed by atoms with Crippen molar-refractivity contribution in [2.75, 3.05) is 17.7 Å². The van der Waals surface area contributed by atoms with E-state index in [-0.39, 0.29) is 18.2 Å². The number of benzene rings is 2. The van der Waals surface area contributed by atoms with Gasteiger partial charge in [-0.1, -0.05) is 6.07 Å². The number of urea groups is 1. The van der Waals surface area contributed by atoms with Crippen LogP contribution in [0.1, 0.15) is 11.3 Å². The first-order chi connectivity index (χ1) is 15.5. The number of carbonyl (C=O) groups excluding carboxylic acids is 1. The largest absolute Gasteiger partial charge is 0.497 e. The first kappa shape index (κ1) is 20.9. The number of aromatic nitrogens is 2. The molecule has 2 N–H and O–H groups in total. The predicted octanol–water partition coefficient (Wildman–Crippen LogP) is 4.23. The Kier molecular flexibility index (Phi) is 6.03. The van der Waals surface area contributed by atoms with E-state index in [1.54, 1.807) is 61.8 Å². The lowest BCUT2D eigenvalue weighted by Gasteiger charge is -2.11. The molecule has 0 aliphatic rings. The molecule has 2 aromatic carbocycles. The molecule has 0 spiro atoms. The van der Waals surface area contributed by atoms with Crippen LogP contribution in [0, 0.1) is 6.92 Å². The van der Waals surface area contributed by atoms with E-state index in [1.165, 1.54) is 10.5 Å². The van der Waals surface area contributed by atoms with Crippen LogP contribution in [0.15, 0.2) is 77.7 Å². The summed E-state index contributed by atoms with van der Waals surface area (Å²) in [4.78, 5) is 29.1. The second-order valence-electron chi connectivity index (χ2n) is 7.14. The standard InChI is InChI=1S/C24H22N4O4/c1-16-10-11-28-22(12-16)25-19(14-23(28)29)15-32-21-5-3-4-18(13-21)27-24(30)26-17-6-8-20(31-2)9-7-17/h3-14H,15H2,1-2H3,(H2,26,27,30). The Bertz CT molecular complexity index is 1320. The molecule has 0 saturated carbocycles. The molecule has 0 aliphatic heterocycles. The number of nitrogens with one attached hydrogen (secondary N) is 2. The maximum Gasteiger partial charge on any atom is 0.323 e. The third-order valence-electron chi connectivity index (χ3n) is 4.70. The summed E-state index contributed by atoms with van der Waals surface area (Å²) in [5.41, 5.74) is 3.15. The molecular formula is C24H22N4O4. The highest BCUT2D eigenvalue weighted by Gasteiger charge is 2.07. The number of pyridine rings is 1. The molecule has 0 radical (unpaired) electrons. The van der Waals surface area contributed by atoms with Gasteiger partial charge in [-0.15, -0.1) is 0 Å². The van der Waals surface area contributed by atoms with Gasteiger partial charge in [0, 0.05) is 29.7 Å². The zero-order valence-corrected chi connectivity index (χ0v) is 17.7. The van der Waals surface area contributed by atoms with Crippen LogP contribution >= 0.6 is 0 Å². The molecule has 4 aromatic rings. The fourth-order valence-electron chi connectivity index (χ4n) is 3.12. The summed E-state index contributed by atoms with van der Waals surface area (Å²) in [7, 11) is 1.58. The average Bonchev–Trinajstić information content (AvgIpc) is 2.78. The Balaban J connectivity index is 1.40. The van der Waals surface area contributed by atoms with E-state index in [9.17, 15) is 9.59 Å². The van der Waals surface area contributed by atoms with Crippen LogP contribution in [0.2, 0.25) is 0 Å². The minimum absolute atomic E-state index is 0.126. The van der Waals surface area contributed by atoms with E-state index in [2.05, 4.69) is 15.6 Å². The summed E-state index contributed by atoms with van der Waals surface area (Å²) < 4.78 is 12.4. The van der Waals surface area contributed by atoms with Crippen molar-refractivity contribution in [3.8, 4) is 11.5 Å². The van der Waals surface area contributed by atoms with Crippen molar-refractivity contribution in [3.63, 3.8) is 0 Å². The Morgan fingerprint density at radius 2 is 1.75 bits per heavy atom. The minimum Gasteiger partial charge on any atom is -0.497 e. The van der Waals surface area contributed by atoms with Crippen LogP contribution in [0.3, 0.4) is 0 Å². The van der Waals surface area contributed by atoms with Crippen molar-refractivity contribution in [3.05, 3.63) is 94.5 Å². The fraction of sp³-hybridized carbons (Fsp3) is 0.125. The number of carbonyl (C=O) groups is 1. The smallest absolute Gasteiger partial charge is 0.323 e. The number of nitrogens with zero attached hydrogens (tertiary/aromatic N) is 2. The molecule has 2 amide bonds. The molecular weight excluding hydrogens is 408 g/mol. The van der Waals surface area contributed by atoms with Gasteiger partial charge in [0.2, 0.25) is 0 Å². The summed E-state index contributed by atoms with van der Waals surface area (Å²) in [6, 6.07) is 18.8. The molecule has 0 unspecified atom stereocenters. The van der Waals surface area contributed by atoms with Gasteiger partial charge in [-0.05, 0) is 61.0 Å². The molecule has 0 fully saturated rings. The molecule has 0 bridgehead atoms. The van der Waals surface area contributed by atoms with Crippen LogP contribution in [-0.2, 0) is 6.61 Å². The fourth-order valence-corrected chi connectivity index (χ4v) is 3.12. The number of ether oxygens (including phenoxy) is 2. The number of hydrogen-bond donors (Lipinski definition) is 2. The number of anilines is 2. The topological polar surface area (TPSA) is 94.0 Å². The van der Waals surface area contributed by atoms with Crippen LogP contribution in [-0.4, -0.2) is 22.5 Å². The highest BCUT2D eigenvalue weighted by Crippen LogP contribution is 2.19. The van der Waals surface area contributed by atoms with Gasteiger partial charge in [0.05, 0.1) is 12.8 Å². The van der Waals surface area contributed by atoms with E-state index in [4.69, 9.17) is 9.47 Å². The van der Waals surface area contributed by atoms with Gasteiger partial charge < -0.3 is 20.1 Å². The lowest BCUT2D eigenvalue weighted by Crippen LogP contribution is -2.19. The quantitative estimate of drug-likeness (QED) is 0.477. The molecule has 162 valence electrons. The Hall–Kier alpha value is -4.33. The second kappa shape index (κ2) is 9.22. The van der Waals surface area contributed by atoms with Crippen LogP contribution in [0.4, 0.5) is 16.2 Å². The maximum absolute atomic E-state index is 12.3. The molecule has 2 aromatic heterocycles. The molecule has 8 heteroatoms. The average molecular weight is 430 g/mol. The summed E-state index contributed by atoms with van der Waals surface area (Å²) >= 11 is 0. The number of hydrogen-bond acceptors (Lipinski definition) is 5. The minimum atomic E-state index is -0.382. The van der Waals surface area contributed by atoms with Gasteiger partial charge in [-0.25, -0.2) is 9.78 Å². The van der Waals surface area contributed by atoms with Crippen LogP contribution < -0.4 is 25.7 Å². The van der Waals surface area contributed by atoms with Crippen LogP contribution in [0.25, 0.3) is 5.65 Å². The van der Waals surface area contributed by atoms with Gasteiger partial charge in [-0.3, -0.25) is 9.20 Å². The molecule has 8 nitrogen and oxygen atoms in total. The Labute approximate surface area is 184 Å². The summed E-state index contributed by atoms with van der Waals surface area (Å²) in [6.07, 6.45) is 1.71. The molecule has 0 atom stereocenters. The maximum atomic E-state index is 12.3. The summed E-state index contributed by atoms with van der Waals surface area (Å²) in [6.45, 7) is 2.07. The monoisotopic (exact) mass is 430 g/mol. The number of rotatable bonds is 6. The number of aryl methyl sites for hydroxylation is 1. The van der Waals surface area contributed by atoms with Gasteiger partial charge in [0.15, 0.2) is 0 Å². The van der Waals surface area contributed by atoms with Crippen molar-refractivity contribution in [1.82, 2.24) is 9.38 Å². The van der Waals surface area contributed by atoms with E-state index in [0.717, 1.165) is 5.56 Å². The third-order valence-corrected chi connectivity index (χ3v) is 4.70. The molecule has 4 rings (SSSR count). The zero-order chi connectivity index (χ0) is 22.5.